The number of H-pyrrole nitrogens is 2. The Morgan fingerprint density at radius 1 is 1.09 bits per heavy atom. The van der Waals surface area contributed by atoms with Crippen molar-refractivity contribution in [2.75, 3.05) is 20.1 Å². The predicted molar refractivity (Wildman–Crippen MR) is 133 cm³/mol. The summed E-state index contributed by atoms with van der Waals surface area (Å²) in [6, 6.07) is 11.2. The summed E-state index contributed by atoms with van der Waals surface area (Å²) in [7, 11) is 1.85. The van der Waals surface area contributed by atoms with Crippen LogP contribution in [0.5, 0.6) is 0 Å². The molecule has 4 aromatic heterocycles. The van der Waals surface area contributed by atoms with Gasteiger partial charge in [-0.15, -0.1) is 0 Å². The molecule has 0 fully saturated rings. The Bertz CT molecular complexity index is 1550. The van der Waals surface area contributed by atoms with Gasteiger partial charge in [0, 0.05) is 30.1 Å². The van der Waals surface area contributed by atoms with Gasteiger partial charge in [-0.3, -0.25) is 10.1 Å². The summed E-state index contributed by atoms with van der Waals surface area (Å²) in [4.78, 5) is 12.6. The average Bonchev–Trinajstić information content (AvgIpc) is 3.48. The highest BCUT2D eigenvalue weighted by Gasteiger charge is 2.17. The first-order valence-corrected chi connectivity index (χ1v) is 11.4. The number of benzene rings is 1. The SMILES string of the molecule is CNCc1cc(F)cc(-c2ccnc3[nH]c(-c4n[nH]c5cnc(C6=CCNCC6)cc45)cc23)c1. The first-order chi connectivity index (χ1) is 16.7. The van der Waals surface area contributed by atoms with E-state index in [1.54, 1.807) is 18.3 Å². The monoisotopic (exact) mass is 453 g/mol. The molecule has 1 aromatic carbocycles. The highest BCUT2D eigenvalue weighted by molar-refractivity contribution is 6.00. The van der Waals surface area contributed by atoms with Crippen molar-refractivity contribution >= 4 is 27.5 Å². The van der Waals surface area contributed by atoms with E-state index in [2.05, 4.69) is 47.9 Å². The molecule has 0 aliphatic carbocycles. The first kappa shape index (κ1) is 20.7. The Morgan fingerprint density at radius 2 is 2.03 bits per heavy atom. The van der Waals surface area contributed by atoms with Crippen molar-refractivity contribution in [2.24, 2.45) is 0 Å². The standard InChI is InChI=1S/C26H24FN7/c1-28-13-15-8-17(10-18(27)9-15)19-4-7-30-26-20(19)11-23(32-26)25-21-12-22(16-2-5-29-6-3-16)31-14-24(21)33-34-25/h2,4,7-12,14,28-29H,3,5-6,13H2,1H3,(H,30,32)(H,33,34). The first-order valence-electron chi connectivity index (χ1n) is 11.4. The van der Waals surface area contributed by atoms with E-state index < -0.39 is 0 Å². The summed E-state index contributed by atoms with van der Waals surface area (Å²) >= 11 is 0. The number of nitrogens with one attached hydrogen (secondary N) is 4. The van der Waals surface area contributed by atoms with Crippen LogP contribution in [0.1, 0.15) is 17.7 Å². The van der Waals surface area contributed by atoms with Gasteiger partial charge in [0.1, 0.15) is 17.2 Å². The molecule has 0 spiro atoms. The van der Waals surface area contributed by atoms with E-state index in [-0.39, 0.29) is 5.82 Å². The molecule has 170 valence electrons. The van der Waals surface area contributed by atoms with Crippen LogP contribution in [0.2, 0.25) is 0 Å². The van der Waals surface area contributed by atoms with Crippen LogP contribution in [-0.2, 0) is 6.54 Å². The smallest absolute Gasteiger partial charge is 0.138 e. The van der Waals surface area contributed by atoms with Gasteiger partial charge in [-0.2, -0.15) is 5.10 Å². The Morgan fingerprint density at radius 3 is 2.88 bits per heavy atom. The van der Waals surface area contributed by atoms with Gasteiger partial charge < -0.3 is 15.6 Å². The summed E-state index contributed by atoms with van der Waals surface area (Å²) in [5.74, 6) is -0.256. The molecule has 0 unspecified atom stereocenters. The number of hydrogen-bond acceptors (Lipinski definition) is 5. The lowest BCUT2D eigenvalue weighted by Gasteiger charge is -2.13. The largest absolute Gasteiger partial charge is 0.338 e. The van der Waals surface area contributed by atoms with Gasteiger partial charge in [-0.1, -0.05) is 6.08 Å². The van der Waals surface area contributed by atoms with Gasteiger partial charge in [-0.05, 0) is 78.7 Å². The summed E-state index contributed by atoms with van der Waals surface area (Å²) < 4.78 is 14.4. The quantitative estimate of drug-likeness (QED) is 0.316. The second kappa shape index (κ2) is 8.48. The highest BCUT2D eigenvalue weighted by atomic mass is 19.1. The minimum Gasteiger partial charge on any atom is -0.338 e. The topological polar surface area (TPSA) is 94.3 Å². The third-order valence-corrected chi connectivity index (χ3v) is 6.28. The number of nitrogens with zero attached hydrogens (tertiary/aromatic N) is 3. The maximum Gasteiger partial charge on any atom is 0.138 e. The number of pyridine rings is 2. The Balaban J connectivity index is 1.46. The normalized spacial score (nSPS) is 14.1. The highest BCUT2D eigenvalue weighted by Crippen LogP contribution is 2.34. The number of fused-ring (bicyclic) bond motifs is 2. The molecule has 4 N–H and O–H groups in total. The van der Waals surface area contributed by atoms with Crippen molar-refractivity contribution in [3.63, 3.8) is 0 Å². The second-order valence-corrected chi connectivity index (χ2v) is 8.55. The van der Waals surface area contributed by atoms with E-state index in [1.165, 1.54) is 5.57 Å². The van der Waals surface area contributed by atoms with E-state index in [4.69, 9.17) is 0 Å². The molecule has 1 aliphatic rings. The van der Waals surface area contributed by atoms with Crippen molar-refractivity contribution in [3.05, 3.63) is 71.9 Å². The van der Waals surface area contributed by atoms with Gasteiger partial charge in [0.05, 0.1) is 23.1 Å². The molecule has 0 radical (unpaired) electrons. The minimum atomic E-state index is -0.256. The number of halogens is 1. The lowest BCUT2D eigenvalue weighted by Crippen LogP contribution is -2.20. The number of hydrogen-bond donors (Lipinski definition) is 4. The predicted octanol–water partition coefficient (Wildman–Crippen LogP) is 4.40. The molecule has 0 saturated carbocycles. The zero-order chi connectivity index (χ0) is 23.1. The molecule has 0 amide bonds. The van der Waals surface area contributed by atoms with Crippen molar-refractivity contribution in [2.45, 2.75) is 13.0 Å². The van der Waals surface area contributed by atoms with Gasteiger partial charge in [0.25, 0.3) is 0 Å². The van der Waals surface area contributed by atoms with Crippen molar-refractivity contribution in [1.82, 2.24) is 35.8 Å². The molecule has 7 nitrogen and oxygen atoms in total. The van der Waals surface area contributed by atoms with Gasteiger partial charge in [-0.25, -0.2) is 9.37 Å². The molecule has 8 heteroatoms. The van der Waals surface area contributed by atoms with Crippen LogP contribution in [0.3, 0.4) is 0 Å². The minimum absolute atomic E-state index is 0.256. The van der Waals surface area contributed by atoms with Crippen LogP contribution >= 0.6 is 0 Å². The fourth-order valence-corrected chi connectivity index (χ4v) is 4.67. The van der Waals surface area contributed by atoms with Gasteiger partial charge >= 0.3 is 0 Å². The molecule has 0 atom stereocenters. The summed E-state index contributed by atoms with van der Waals surface area (Å²) in [6.45, 7) is 2.41. The Labute approximate surface area is 195 Å². The van der Waals surface area contributed by atoms with E-state index in [1.807, 2.05) is 31.4 Å². The maximum absolute atomic E-state index is 14.4. The Hall–Kier alpha value is -3.88. The zero-order valence-corrected chi connectivity index (χ0v) is 18.7. The van der Waals surface area contributed by atoms with Crippen LogP contribution in [0.25, 0.3) is 50.0 Å². The van der Waals surface area contributed by atoms with E-state index >= 15 is 0 Å². The van der Waals surface area contributed by atoms with Crippen LogP contribution < -0.4 is 10.6 Å². The third-order valence-electron chi connectivity index (χ3n) is 6.28. The number of aromatic amines is 2. The van der Waals surface area contributed by atoms with Crippen molar-refractivity contribution in [3.8, 4) is 22.5 Å². The fourth-order valence-electron chi connectivity index (χ4n) is 4.67. The zero-order valence-electron chi connectivity index (χ0n) is 18.7. The molecule has 1 aliphatic heterocycles. The lowest BCUT2D eigenvalue weighted by atomic mass is 10.0. The molecule has 6 rings (SSSR count). The van der Waals surface area contributed by atoms with Crippen molar-refractivity contribution < 1.29 is 4.39 Å². The van der Waals surface area contributed by atoms with Crippen LogP contribution in [0.4, 0.5) is 4.39 Å². The molecule has 34 heavy (non-hydrogen) atoms. The molecule has 5 heterocycles. The Kier molecular flexibility index (Phi) is 5.16. The van der Waals surface area contributed by atoms with E-state index in [0.29, 0.717) is 6.54 Å². The van der Waals surface area contributed by atoms with Crippen LogP contribution in [0, 0.1) is 5.82 Å². The molecular weight excluding hydrogens is 429 g/mol. The molecule has 0 bridgehead atoms. The average molecular weight is 454 g/mol. The fraction of sp³-hybridized carbons (Fsp3) is 0.192. The third kappa shape index (κ3) is 3.67. The summed E-state index contributed by atoms with van der Waals surface area (Å²) in [5, 5.41) is 16.0. The van der Waals surface area contributed by atoms with Crippen molar-refractivity contribution in [1.29, 1.82) is 0 Å². The van der Waals surface area contributed by atoms with E-state index in [9.17, 15) is 4.39 Å². The van der Waals surface area contributed by atoms with Gasteiger partial charge in [0.15, 0.2) is 0 Å². The summed E-state index contributed by atoms with van der Waals surface area (Å²) in [6.07, 6.45) is 6.73. The number of aromatic nitrogens is 5. The number of rotatable bonds is 5. The van der Waals surface area contributed by atoms with Gasteiger partial charge in [0.2, 0.25) is 0 Å². The van der Waals surface area contributed by atoms with Crippen LogP contribution in [0.15, 0.2) is 54.9 Å². The lowest BCUT2D eigenvalue weighted by molar-refractivity contribution is 0.624. The maximum atomic E-state index is 14.4. The van der Waals surface area contributed by atoms with Crippen LogP contribution in [-0.4, -0.2) is 45.3 Å². The second-order valence-electron chi connectivity index (χ2n) is 8.55. The molecule has 5 aromatic rings. The summed E-state index contributed by atoms with van der Waals surface area (Å²) in [5.41, 5.74) is 8.13. The molecule has 0 saturated heterocycles. The van der Waals surface area contributed by atoms with E-state index in [0.717, 1.165) is 75.2 Å². The molecular formula is C26H24FN7.